The van der Waals surface area contributed by atoms with Gasteiger partial charge in [0.05, 0.1) is 19.3 Å². The molecule has 0 aliphatic carbocycles. The Kier molecular flexibility index (Phi) is 5.12. The first-order valence-corrected chi connectivity index (χ1v) is 8.49. The minimum atomic E-state index is -1.50. The van der Waals surface area contributed by atoms with E-state index in [2.05, 4.69) is 5.10 Å². The number of carboxylic acids is 1. The van der Waals surface area contributed by atoms with Crippen LogP contribution in [-0.2, 0) is 6.54 Å². The van der Waals surface area contributed by atoms with Crippen molar-refractivity contribution in [3.05, 3.63) is 85.7 Å². The van der Waals surface area contributed by atoms with Crippen molar-refractivity contribution >= 4 is 5.97 Å². The van der Waals surface area contributed by atoms with Gasteiger partial charge in [0.2, 0.25) is 5.69 Å². The third kappa shape index (κ3) is 3.71. The molecule has 1 N–H and O–H groups in total. The molecule has 2 aromatic carbocycles. The number of benzene rings is 2. The van der Waals surface area contributed by atoms with E-state index in [1.807, 2.05) is 19.9 Å². The predicted octanol–water partition coefficient (Wildman–Crippen LogP) is 1.77. The standard InChI is InChI=1S/C20H19N3O5/c1-12-7-13(2)9-15(8-12)23-20(27)22(18(24)17(21-23)19(25)26)11-14-5-4-6-16(10-14)28-3/h4-10H,11H2,1-3H3,(H,25,26). The van der Waals surface area contributed by atoms with Crippen LogP contribution < -0.4 is 16.0 Å². The summed E-state index contributed by atoms with van der Waals surface area (Å²) in [6.07, 6.45) is 0. The lowest BCUT2D eigenvalue weighted by Crippen LogP contribution is -2.44. The van der Waals surface area contributed by atoms with Gasteiger partial charge in [-0.05, 0) is 54.8 Å². The van der Waals surface area contributed by atoms with Gasteiger partial charge in [-0.2, -0.15) is 9.78 Å². The first-order chi connectivity index (χ1) is 13.3. The highest BCUT2D eigenvalue weighted by molar-refractivity contribution is 5.84. The van der Waals surface area contributed by atoms with E-state index in [1.54, 1.807) is 36.4 Å². The Morgan fingerprint density at radius 3 is 2.39 bits per heavy atom. The van der Waals surface area contributed by atoms with Gasteiger partial charge in [0.25, 0.3) is 5.56 Å². The number of nitrogens with zero attached hydrogens (tertiary/aromatic N) is 3. The molecular formula is C20H19N3O5. The van der Waals surface area contributed by atoms with E-state index in [0.29, 0.717) is 17.0 Å². The number of aromatic nitrogens is 3. The van der Waals surface area contributed by atoms with E-state index in [4.69, 9.17) is 4.74 Å². The second-order valence-corrected chi connectivity index (χ2v) is 6.44. The number of carbonyl (C=O) groups is 1. The summed E-state index contributed by atoms with van der Waals surface area (Å²) >= 11 is 0. The van der Waals surface area contributed by atoms with E-state index in [-0.39, 0.29) is 6.54 Å². The molecule has 0 atom stereocenters. The lowest BCUT2D eigenvalue weighted by Gasteiger charge is -2.12. The fourth-order valence-corrected chi connectivity index (χ4v) is 2.98. The second-order valence-electron chi connectivity index (χ2n) is 6.44. The highest BCUT2D eigenvalue weighted by Gasteiger charge is 2.20. The maximum Gasteiger partial charge on any atom is 0.362 e. The molecule has 0 aliphatic rings. The van der Waals surface area contributed by atoms with Crippen LogP contribution in [0.4, 0.5) is 0 Å². The van der Waals surface area contributed by atoms with Gasteiger partial charge < -0.3 is 9.84 Å². The highest BCUT2D eigenvalue weighted by atomic mass is 16.5. The summed E-state index contributed by atoms with van der Waals surface area (Å²) in [6, 6.07) is 12.2. The van der Waals surface area contributed by atoms with E-state index < -0.39 is 22.9 Å². The lowest BCUT2D eigenvalue weighted by molar-refractivity contribution is 0.0684. The summed E-state index contributed by atoms with van der Waals surface area (Å²) < 4.78 is 6.97. The van der Waals surface area contributed by atoms with Crippen LogP contribution >= 0.6 is 0 Å². The molecule has 8 nitrogen and oxygen atoms in total. The summed E-state index contributed by atoms with van der Waals surface area (Å²) in [7, 11) is 1.51. The van der Waals surface area contributed by atoms with Crippen molar-refractivity contribution in [1.29, 1.82) is 0 Å². The topological polar surface area (TPSA) is 103 Å². The van der Waals surface area contributed by atoms with Gasteiger partial charge in [-0.15, -0.1) is 0 Å². The average molecular weight is 381 g/mol. The number of aromatic carboxylic acids is 1. The lowest BCUT2D eigenvalue weighted by atomic mass is 10.1. The van der Waals surface area contributed by atoms with E-state index in [9.17, 15) is 19.5 Å². The normalized spacial score (nSPS) is 10.7. The van der Waals surface area contributed by atoms with Crippen molar-refractivity contribution in [2.24, 2.45) is 0 Å². The zero-order valence-electron chi connectivity index (χ0n) is 15.7. The van der Waals surface area contributed by atoms with Gasteiger partial charge in [0.1, 0.15) is 5.75 Å². The SMILES string of the molecule is COc1cccc(Cn2c(=O)c(C(=O)O)nn(-c3cc(C)cc(C)c3)c2=O)c1. The number of aryl methyl sites for hydroxylation is 2. The third-order valence-corrected chi connectivity index (χ3v) is 4.19. The monoisotopic (exact) mass is 381 g/mol. The van der Waals surface area contributed by atoms with Gasteiger partial charge in [0, 0.05) is 0 Å². The average Bonchev–Trinajstić information content (AvgIpc) is 2.64. The van der Waals surface area contributed by atoms with Gasteiger partial charge in [-0.3, -0.25) is 9.36 Å². The molecule has 0 amide bonds. The molecule has 8 heteroatoms. The Balaban J connectivity index is 2.24. The quantitative estimate of drug-likeness (QED) is 0.722. The van der Waals surface area contributed by atoms with Crippen molar-refractivity contribution in [2.45, 2.75) is 20.4 Å². The number of hydrogen-bond donors (Lipinski definition) is 1. The number of hydrogen-bond acceptors (Lipinski definition) is 5. The fraction of sp³-hybridized carbons (Fsp3) is 0.200. The van der Waals surface area contributed by atoms with Crippen LogP contribution in [0, 0.1) is 13.8 Å². The van der Waals surface area contributed by atoms with Gasteiger partial charge >= 0.3 is 11.7 Å². The Hall–Kier alpha value is -3.68. The number of rotatable bonds is 5. The molecule has 1 aromatic heterocycles. The summed E-state index contributed by atoms with van der Waals surface area (Å²) in [6.45, 7) is 3.60. The van der Waals surface area contributed by atoms with Crippen LogP contribution in [0.25, 0.3) is 5.69 Å². The number of ether oxygens (including phenoxy) is 1. The molecule has 0 saturated carbocycles. The van der Waals surface area contributed by atoms with Crippen molar-refractivity contribution in [3.8, 4) is 11.4 Å². The Labute approximate surface area is 160 Å². The van der Waals surface area contributed by atoms with Crippen molar-refractivity contribution < 1.29 is 14.6 Å². The third-order valence-electron chi connectivity index (χ3n) is 4.19. The van der Waals surface area contributed by atoms with Crippen molar-refractivity contribution in [2.75, 3.05) is 7.11 Å². The molecule has 1 heterocycles. The van der Waals surface area contributed by atoms with Gasteiger partial charge in [0.15, 0.2) is 0 Å². The number of carboxylic acid groups (broad SMARTS) is 1. The minimum absolute atomic E-state index is 0.109. The van der Waals surface area contributed by atoms with Crippen LogP contribution in [-0.4, -0.2) is 32.5 Å². The summed E-state index contributed by atoms with van der Waals surface area (Å²) in [5, 5.41) is 13.2. The predicted molar refractivity (Wildman–Crippen MR) is 103 cm³/mol. The van der Waals surface area contributed by atoms with Gasteiger partial charge in [-0.25, -0.2) is 9.59 Å². The molecule has 28 heavy (non-hydrogen) atoms. The zero-order chi connectivity index (χ0) is 20.4. The van der Waals surface area contributed by atoms with E-state index in [1.165, 1.54) is 7.11 Å². The molecule has 3 rings (SSSR count). The zero-order valence-corrected chi connectivity index (χ0v) is 15.7. The van der Waals surface area contributed by atoms with Gasteiger partial charge in [-0.1, -0.05) is 18.2 Å². The molecule has 3 aromatic rings. The van der Waals surface area contributed by atoms with Crippen LogP contribution in [0.5, 0.6) is 5.75 Å². The van der Waals surface area contributed by atoms with Crippen LogP contribution in [0.1, 0.15) is 27.2 Å². The van der Waals surface area contributed by atoms with E-state index >= 15 is 0 Å². The van der Waals surface area contributed by atoms with Crippen LogP contribution in [0.15, 0.2) is 52.1 Å². The maximum absolute atomic E-state index is 13.0. The Bertz CT molecular complexity index is 1160. The molecule has 0 unspecified atom stereocenters. The first-order valence-electron chi connectivity index (χ1n) is 8.49. The molecule has 0 spiro atoms. The fourth-order valence-electron chi connectivity index (χ4n) is 2.98. The molecule has 0 aliphatic heterocycles. The second kappa shape index (κ2) is 7.51. The number of methoxy groups -OCH3 is 1. The van der Waals surface area contributed by atoms with Crippen LogP contribution in [0.3, 0.4) is 0 Å². The minimum Gasteiger partial charge on any atom is -0.497 e. The Morgan fingerprint density at radius 1 is 1.11 bits per heavy atom. The summed E-state index contributed by atoms with van der Waals surface area (Å²) in [4.78, 5) is 37.1. The van der Waals surface area contributed by atoms with Crippen molar-refractivity contribution in [1.82, 2.24) is 14.3 Å². The van der Waals surface area contributed by atoms with Crippen LogP contribution in [0.2, 0.25) is 0 Å². The highest BCUT2D eigenvalue weighted by Crippen LogP contribution is 2.14. The maximum atomic E-state index is 13.0. The van der Waals surface area contributed by atoms with E-state index in [0.717, 1.165) is 20.4 Å². The molecule has 0 bridgehead atoms. The smallest absolute Gasteiger partial charge is 0.362 e. The molecule has 0 radical (unpaired) electrons. The molecule has 144 valence electrons. The molecule has 0 saturated heterocycles. The molecule has 0 fully saturated rings. The Morgan fingerprint density at radius 2 is 1.79 bits per heavy atom. The molecular weight excluding hydrogens is 362 g/mol. The van der Waals surface area contributed by atoms with Crippen molar-refractivity contribution in [3.63, 3.8) is 0 Å². The summed E-state index contributed by atoms with van der Waals surface area (Å²) in [5.74, 6) is -0.935. The largest absolute Gasteiger partial charge is 0.497 e. The first kappa shape index (κ1) is 19.1. The summed E-state index contributed by atoms with van der Waals surface area (Å²) in [5.41, 5.74) is 0.375.